The summed E-state index contributed by atoms with van der Waals surface area (Å²) < 4.78 is 16.3. The maximum Gasteiger partial charge on any atom is 0.311 e. The molecule has 1 heterocycles. The number of anilines is 1. The number of carbonyl (C=O) groups is 2. The minimum absolute atomic E-state index is 0.0721. The Morgan fingerprint density at radius 1 is 1.27 bits per heavy atom. The molecular weight excluding hydrogens is 424 g/mol. The summed E-state index contributed by atoms with van der Waals surface area (Å²) in [5.41, 5.74) is 0.938. The number of nitrogens with one attached hydrogen (secondary N) is 1. The quantitative estimate of drug-likeness (QED) is 0.627. The topological polar surface area (TPSA) is 86.8 Å². The average Bonchev–Trinajstić information content (AvgIpc) is 3.03. The highest BCUT2D eigenvalue weighted by molar-refractivity contribution is 9.10. The van der Waals surface area contributed by atoms with Crippen LogP contribution in [0.15, 0.2) is 22.0 Å². The summed E-state index contributed by atoms with van der Waals surface area (Å²) in [7, 11) is 1.51. The number of nitrogens with zero attached hydrogens (tertiary/aromatic N) is 1. The van der Waals surface area contributed by atoms with Crippen LogP contribution in [0, 0.1) is 0 Å². The van der Waals surface area contributed by atoms with Gasteiger partial charge >= 0.3 is 5.97 Å². The maximum absolute atomic E-state index is 12.5. The highest BCUT2D eigenvalue weighted by Crippen LogP contribution is 2.36. The van der Waals surface area contributed by atoms with Gasteiger partial charge in [-0.3, -0.25) is 14.9 Å². The monoisotopic (exact) mass is 442 g/mol. The number of rotatable bonds is 8. The van der Waals surface area contributed by atoms with Gasteiger partial charge in [0.2, 0.25) is 0 Å². The van der Waals surface area contributed by atoms with Crippen molar-refractivity contribution in [2.24, 2.45) is 0 Å². The van der Waals surface area contributed by atoms with Gasteiger partial charge in [-0.25, -0.2) is 4.98 Å². The number of thiazole rings is 1. The van der Waals surface area contributed by atoms with E-state index in [1.807, 2.05) is 6.92 Å². The predicted molar refractivity (Wildman–Crippen MR) is 102 cm³/mol. The summed E-state index contributed by atoms with van der Waals surface area (Å²) in [4.78, 5) is 28.2. The molecule has 7 nitrogen and oxygen atoms in total. The van der Waals surface area contributed by atoms with Crippen molar-refractivity contribution < 1.29 is 23.8 Å². The van der Waals surface area contributed by atoms with Crippen LogP contribution in [0.4, 0.5) is 5.13 Å². The van der Waals surface area contributed by atoms with Crippen molar-refractivity contribution in [3.63, 3.8) is 0 Å². The molecule has 26 heavy (non-hydrogen) atoms. The van der Waals surface area contributed by atoms with E-state index in [0.717, 1.165) is 0 Å². The van der Waals surface area contributed by atoms with Gasteiger partial charge in [-0.1, -0.05) is 0 Å². The summed E-state index contributed by atoms with van der Waals surface area (Å²) in [5.74, 6) is 0.297. The van der Waals surface area contributed by atoms with Gasteiger partial charge in [-0.15, -0.1) is 11.3 Å². The zero-order chi connectivity index (χ0) is 19.1. The van der Waals surface area contributed by atoms with Crippen molar-refractivity contribution in [2.45, 2.75) is 20.3 Å². The number of halogens is 1. The highest BCUT2D eigenvalue weighted by Gasteiger charge is 2.17. The van der Waals surface area contributed by atoms with E-state index in [2.05, 4.69) is 26.2 Å². The first-order valence-electron chi connectivity index (χ1n) is 7.90. The van der Waals surface area contributed by atoms with Gasteiger partial charge in [0.15, 0.2) is 16.6 Å². The van der Waals surface area contributed by atoms with E-state index in [1.165, 1.54) is 18.4 Å². The van der Waals surface area contributed by atoms with Crippen molar-refractivity contribution >= 4 is 44.3 Å². The molecule has 1 amide bonds. The molecule has 1 aromatic carbocycles. The van der Waals surface area contributed by atoms with Gasteiger partial charge in [0, 0.05) is 10.9 Å². The second-order valence-corrected chi connectivity index (χ2v) is 6.71. The van der Waals surface area contributed by atoms with E-state index in [1.54, 1.807) is 24.4 Å². The minimum atomic E-state index is -0.351. The number of hydrogen-bond donors (Lipinski definition) is 1. The van der Waals surface area contributed by atoms with Crippen molar-refractivity contribution in [3.05, 3.63) is 33.2 Å². The molecule has 0 aliphatic rings. The van der Waals surface area contributed by atoms with Gasteiger partial charge in [-0.05, 0) is 41.9 Å². The Labute approximate surface area is 163 Å². The Morgan fingerprint density at radius 3 is 2.69 bits per heavy atom. The van der Waals surface area contributed by atoms with E-state index in [9.17, 15) is 9.59 Å². The van der Waals surface area contributed by atoms with Crippen LogP contribution in [-0.2, 0) is 16.0 Å². The van der Waals surface area contributed by atoms with Crippen molar-refractivity contribution in [2.75, 3.05) is 25.6 Å². The molecule has 0 unspecified atom stereocenters. The van der Waals surface area contributed by atoms with Crippen LogP contribution in [0.3, 0.4) is 0 Å². The molecule has 0 spiro atoms. The molecule has 1 aromatic heterocycles. The first kappa shape index (κ1) is 20.2. The lowest BCUT2D eigenvalue weighted by molar-refractivity contribution is -0.142. The number of hydrogen-bond acceptors (Lipinski definition) is 7. The lowest BCUT2D eigenvalue weighted by atomic mass is 10.2. The largest absolute Gasteiger partial charge is 0.493 e. The van der Waals surface area contributed by atoms with Crippen LogP contribution >= 0.6 is 27.3 Å². The third-order valence-electron chi connectivity index (χ3n) is 3.18. The number of amides is 1. The highest BCUT2D eigenvalue weighted by atomic mass is 79.9. The van der Waals surface area contributed by atoms with Gasteiger partial charge in [0.1, 0.15) is 0 Å². The number of benzene rings is 1. The summed E-state index contributed by atoms with van der Waals surface area (Å²) in [6.07, 6.45) is 0.0721. The summed E-state index contributed by atoms with van der Waals surface area (Å²) in [5, 5.41) is 4.82. The molecule has 0 aliphatic carbocycles. The lowest BCUT2D eigenvalue weighted by Crippen LogP contribution is -2.13. The van der Waals surface area contributed by atoms with Crippen LogP contribution in [0.2, 0.25) is 0 Å². The van der Waals surface area contributed by atoms with Crippen LogP contribution < -0.4 is 14.8 Å². The second-order valence-electron chi connectivity index (χ2n) is 5.00. The van der Waals surface area contributed by atoms with E-state index in [-0.39, 0.29) is 18.3 Å². The molecular formula is C17H19BrN2O5S. The standard InChI is InChI=1S/C17H19BrN2O5S/c1-4-24-14(21)8-11-9-26-17(19-11)20-16(22)10-6-12(18)15(25-5-2)13(7-10)23-3/h6-7,9H,4-5,8H2,1-3H3,(H,19,20,22). The molecule has 140 valence electrons. The number of methoxy groups -OCH3 is 1. The van der Waals surface area contributed by atoms with E-state index >= 15 is 0 Å². The third kappa shape index (κ3) is 5.18. The fourth-order valence-electron chi connectivity index (χ4n) is 2.11. The fraction of sp³-hybridized carbons (Fsp3) is 0.353. The summed E-state index contributed by atoms with van der Waals surface area (Å²) >= 11 is 4.63. The molecule has 0 saturated carbocycles. The normalized spacial score (nSPS) is 10.3. The zero-order valence-electron chi connectivity index (χ0n) is 14.6. The lowest BCUT2D eigenvalue weighted by Gasteiger charge is -2.13. The molecule has 2 aromatic rings. The third-order valence-corrected chi connectivity index (χ3v) is 4.58. The molecule has 0 aliphatic heterocycles. The first-order chi connectivity index (χ1) is 12.5. The zero-order valence-corrected chi connectivity index (χ0v) is 17.0. The Bertz CT molecular complexity index is 793. The molecule has 0 saturated heterocycles. The first-order valence-corrected chi connectivity index (χ1v) is 9.57. The molecule has 9 heteroatoms. The predicted octanol–water partition coefficient (Wildman–Crippen LogP) is 3.67. The number of esters is 1. The second kappa shape index (κ2) is 9.54. The Hall–Kier alpha value is -2.13. The Kier molecular flexibility index (Phi) is 7.40. The van der Waals surface area contributed by atoms with Crippen LogP contribution in [0.5, 0.6) is 11.5 Å². The number of aromatic nitrogens is 1. The molecule has 0 atom stereocenters. The van der Waals surface area contributed by atoms with Gasteiger partial charge in [0.25, 0.3) is 5.91 Å². The van der Waals surface area contributed by atoms with Gasteiger partial charge < -0.3 is 14.2 Å². The number of ether oxygens (including phenoxy) is 3. The van der Waals surface area contributed by atoms with Crippen LogP contribution in [0.1, 0.15) is 29.9 Å². The minimum Gasteiger partial charge on any atom is -0.493 e. The van der Waals surface area contributed by atoms with Gasteiger partial charge in [0.05, 0.1) is 36.9 Å². The summed E-state index contributed by atoms with van der Waals surface area (Å²) in [6, 6.07) is 3.24. The smallest absolute Gasteiger partial charge is 0.311 e. The Balaban J connectivity index is 2.11. The molecule has 2 rings (SSSR count). The fourth-order valence-corrected chi connectivity index (χ4v) is 3.37. The van der Waals surface area contributed by atoms with E-state index in [0.29, 0.717) is 45.6 Å². The van der Waals surface area contributed by atoms with E-state index in [4.69, 9.17) is 14.2 Å². The van der Waals surface area contributed by atoms with Gasteiger partial charge in [-0.2, -0.15) is 0 Å². The van der Waals surface area contributed by atoms with Crippen LogP contribution in [-0.4, -0.2) is 37.2 Å². The molecule has 0 fully saturated rings. The van der Waals surface area contributed by atoms with Crippen molar-refractivity contribution in [1.29, 1.82) is 0 Å². The summed E-state index contributed by atoms with van der Waals surface area (Å²) in [6.45, 7) is 4.40. The molecule has 0 radical (unpaired) electrons. The number of carbonyl (C=O) groups excluding carboxylic acids is 2. The van der Waals surface area contributed by atoms with Crippen molar-refractivity contribution in [1.82, 2.24) is 4.98 Å². The SMILES string of the molecule is CCOC(=O)Cc1csc(NC(=O)c2cc(Br)c(OCC)c(OC)c2)n1. The molecule has 1 N–H and O–H groups in total. The Morgan fingerprint density at radius 2 is 2.04 bits per heavy atom. The van der Waals surface area contributed by atoms with Crippen LogP contribution in [0.25, 0.3) is 0 Å². The van der Waals surface area contributed by atoms with E-state index < -0.39 is 0 Å². The van der Waals surface area contributed by atoms with Crippen molar-refractivity contribution in [3.8, 4) is 11.5 Å². The average molecular weight is 443 g/mol. The molecule has 0 bridgehead atoms. The maximum atomic E-state index is 12.5.